The molecule has 0 radical (unpaired) electrons. The molecule has 2 heteroatoms. The second-order valence-corrected chi connectivity index (χ2v) is 6.65. The Morgan fingerprint density at radius 1 is 0.900 bits per heavy atom. The van der Waals surface area contributed by atoms with E-state index in [2.05, 4.69) is 89.9 Å². The molecule has 0 bridgehead atoms. The van der Waals surface area contributed by atoms with E-state index in [1.165, 1.54) is 28.1 Å². The summed E-state index contributed by atoms with van der Waals surface area (Å²) in [6, 6.07) is 15.5. The van der Waals surface area contributed by atoms with Crippen LogP contribution in [0.3, 0.4) is 0 Å². The average molecular weight is 265 g/mol. The molecule has 0 N–H and O–H groups in total. The van der Waals surface area contributed by atoms with Crippen LogP contribution in [0, 0.1) is 13.8 Å². The van der Waals surface area contributed by atoms with Gasteiger partial charge in [-0.05, 0) is 48.6 Å². The Bertz CT molecular complexity index is 594. The van der Waals surface area contributed by atoms with Crippen LogP contribution in [-0.2, 0) is 5.41 Å². The molecule has 0 amide bonds. The molecule has 0 saturated heterocycles. The van der Waals surface area contributed by atoms with E-state index < -0.39 is 0 Å². The van der Waals surface area contributed by atoms with Gasteiger partial charge in [-0.1, -0.05) is 50.6 Å². The summed E-state index contributed by atoms with van der Waals surface area (Å²) in [5.41, 5.74) is 6.69. The van der Waals surface area contributed by atoms with Gasteiger partial charge in [-0.15, -0.1) is 0 Å². The summed E-state index contributed by atoms with van der Waals surface area (Å²) in [5.74, 6) is 0. The molecule has 104 valence electrons. The molecule has 2 aromatic carbocycles. The molecule has 0 atom stereocenters. The Morgan fingerprint density at radius 2 is 1.50 bits per heavy atom. The van der Waals surface area contributed by atoms with Crippen LogP contribution < -0.4 is 4.81 Å². The number of rotatable bonds is 2. The van der Waals surface area contributed by atoms with Gasteiger partial charge in [0, 0.05) is 11.4 Å². The van der Waals surface area contributed by atoms with Gasteiger partial charge >= 0.3 is 0 Å². The van der Waals surface area contributed by atoms with Crippen molar-refractivity contribution in [1.29, 1.82) is 0 Å². The standard InChI is InChI=1S/C18H24BN/c1-13-6-11-17(14(2)12-13)20(19)16-9-7-15(8-10-16)18(3,4)5/h6-12H,19H2,1-5H3. The van der Waals surface area contributed by atoms with Crippen LogP contribution in [-0.4, -0.2) is 7.98 Å². The highest BCUT2D eigenvalue weighted by Crippen LogP contribution is 2.29. The third kappa shape index (κ3) is 3.06. The number of anilines is 2. The lowest BCUT2D eigenvalue weighted by atomic mass is 9.87. The number of nitrogens with zero attached hydrogens (tertiary/aromatic N) is 1. The smallest absolute Gasteiger partial charge is 0.223 e. The van der Waals surface area contributed by atoms with Crippen molar-refractivity contribution in [3.05, 3.63) is 59.2 Å². The van der Waals surface area contributed by atoms with Crippen LogP contribution in [0.1, 0.15) is 37.5 Å². The predicted molar refractivity (Wildman–Crippen MR) is 91.7 cm³/mol. The van der Waals surface area contributed by atoms with Crippen molar-refractivity contribution in [2.45, 2.75) is 40.0 Å². The Kier molecular flexibility index (Phi) is 3.94. The molecule has 0 spiro atoms. The third-order valence-corrected chi connectivity index (χ3v) is 3.83. The van der Waals surface area contributed by atoms with Crippen LogP contribution in [0.5, 0.6) is 0 Å². The number of aryl methyl sites for hydroxylation is 2. The van der Waals surface area contributed by atoms with E-state index in [-0.39, 0.29) is 5.41 Å². The van der Waals surface area contributed by atoms with E-state index in [9.17, 15) is 0 Å². The van der Waals surface area contributed by atoms with Gasteiger partial charge in [-0.3, -0.25) is 0 Å². The van der Waals surface area contributed by atoms with Crippen LogP contribution in [0.4, 0.5) is 11.4 Å². The minimum absolute atomic E-state index is 0.205. The Morgan fingerprint density at radius 3 is 2.00 bits per heavy atom. The lowest BCUT2D eigenvalue weighted by Gasteiger charge is -2.25. The highest BCUT2D eigenvalue weighted by Gasteiger charge is 2.14. The fourth-order valence-electron chi connectivity index (χ4n) is 2.51. The molecule has 1 nitrogen and oxygen atoms in total. The van der Waals surface area contributed by atoms with Gasteiger partial charge in [-0.2, -0.15) is 0 Å². The molecule has 0 saturated carbocycles. The van der Waals surface area contributed by atoms with Gasteiger partial charge in [0.15, 0.2) is 0 Å². The van der Waals surface area contributed by atoms with Crippen LogP contribution >= 0.6 is 0 Å². The van der Waals surface area contributed by atoms with Crippen molar-refractivity contribution in [1.82, 2.24) is 0 Å². The predicted octanol–water partition coefficient (Wildman–Crippen LogP) is 4.29. The molecule has 0 heterocycles. The highest BCUT2D eigenvalue weighted by atomic mass is 15.0. The maximum Gasteiger partial charge on any atom is 0.223 e. The van der Waals surface area contributed by atoms with E-state index in [4.69, 9.17) is 0 Å². The average Bonchev–Trinajstić information content (AvgIpc) is 2.37. The van der Waals surface area contributed by atoms with Crippen molar-refractivity contribution in [3.63, 3.8) is 0 Å². The molecular formula is C18H24BN. The van der Waals surface area contributed by atoms with Crippen molar-refractivity contribution < 1.29 is 0 Å². The zero-order valence-electron chi connectivity index (χ0n) is 13.5. The van der Waals surface area contributed by atoms with E-state index in [1.54, 1.807) is 0 Å². The molecule has 0 aromatic heterocycles. The largest absolute Gasteiger partial charge is 0.394 e. The summed E-state index contributed by atoms with van der Waals surface area (Å²) in [4.78, 5) is 2.25. The summed E-state index contributed by atoms with van der Waals surface area (Å²) in [5, 5.41) is 0. The molecule has 20 heavy (non-hydrogen) atoms. The van der Waals surface area contributed by atoms with Crippen molar-refractivity contribution in [2.75, 3.05) is 4.81 Å². The van der Waals surface area contributed by atoms with Gasteiger partial charge in [0.2, 0.25) is 7.98 Å². The van der Waals surface area contributed by atoms with Crippen molar-refractivity contribution in [3.8, 4) is 0 Å². The van der Waals surface area contributed by atoms with Crippen LogP contribution in [0.15, 0.2) is 42.5 Å². The number of hydrogen-bond acceptors (Lipinski definition) is 1. The minimum Gasteiger partial charge on any atom is -0.394 e. The molecule has 2 rings (SSSR count). The zero-order chi connectivity index (χ0) is 14.9. The van der Waals surface area contributed by atoms with Crippen molar-refractivity contribution in [2.24, 2.45) is 0 Å². The summed E-state index contributed by atoms with van der Waals surface area (Å²) < 4.78 is 0. The summed E-state index contributed by atoms with van der Waals surface area (Å²) in [7, 11) is 2.13. The minimum atomic E-state index is 0.205. The van der Waals surface area contributed by atoms with Gasteiger partial charge in [0.25, 0.3) is 0 Å². The summed E-state index contributed by atoms with van der Waals surface area (Å²) >= 11 is 0. The second-order valence-electron chi connectivity index (χ2n) is 6.65. The number of hydrogen-bond donors (Lipinski definition) is 0. The normalized spacial score (nSPS) is 11.4. The topological polar surface area (TPSA) is 3.24 Å². The highest BCUT2D eigenvalue weighted by molar-refractivity contribution is 6.22. The Labute approximate surface area is 124 Å². The van der Waals surface area contributed by atoms with Crippen LogP contribution in [0.2, 0.25) is 0 Å². The first-order valence-electron chi connectivity index (χ1n) is 7.20. The van der Waals surface area contributed by atoms with Crippen LogP contribution in [0.25, 0.3) is 0 Å². The first kappa shape index (κ1) is 14.7. The lowest BCUT2D eigenvalue weighted by Crippen LogP contribution is -2.15. The fraction of sp³-hybridized carbons (Fsp3) is 0.333. The monoisotopic (exact) mass is 265 g/mol. The first-order valence-corrected chi connectivity index (χ1v) is 7.20. The number of benzene rings is 2. The van der Waals surface area contributed by atoms with E-state index in [1.807, 2.05) is 0 Å². The first-order chi connectivity index (χ1) is 9.29. The summed E-state index contributed by atoms with van der Waals surface area (Å²) in [6.45, 7) is 11.0. The summed E-state index contributed by atoms with van der Waals surface area (Å²) in [6.07, 6.45) is 0. The van der Waals surface area contributed by atoms with E-state index in [0.29, 0.717) is 0 Å². The van der Waals surface area contributed by atoms with E-state index >= 15 is 0 Å². The maximum absolute atomic E-state index is 2.25. The van der Waals surface area contributed by atoms with Gasteiger partial charge in [0.05, 0.1) is 0 Å². The lowest BCUT2D eigenvalue weighted by molar-refractivity contribution is 0.590. The molecule has 0 unspecified atom stereocenters. The van der Waals surface area contributed by atoms with E-state index in [0.717, 1.165) is 0 Å². The molecule has 0 aliphatic carbocycles. The molecular weight excluding hydrogens is 241 g/mol. The van der Waals surface area contributed by atoms with Crippen molar-refractivity contribution >= 4 is 19.4 Å². The third-order valence-electron chi connectivity index (χ3n) is 3.83. The van der Waals surface area contributed by atoms with Gasteiger partial charge in [-0.25, -0.2) is 0 Å². The molecule has 2 aromatic rings. The second kappa shape index (κ2) is 5.36. The molecule has 0 fully saturated rings. The SMILES string of the molecule is BN(c1ccc(C(C)(C)C)cc1)c1ccc(C)cc1C. The molecule has 0 aliphatic rings. The molecule has 0 aliphatic heterocycles. The quantitative estimate of drug-likeness (QED) is 0.732. The van der Waals surface area contributed by atoms with Gasteiger partial charge < -0.3 is 4.81 Å². The maximum atomic E-state index is 2.25. The zero-order valence-corrected chi connectivity index (χ0v) is 13.5. The Balaban J connectivity index is 2.31. The van der Waals surface area contributed by atoms with Gasteiger partial charge in [0.1, 0.15) is 0 Å². The Hall–Kier alpha value is -1.70. The fourth-order valence-corrected chi connectivity index (χ4v) is 2.51.